The summed E-state index contributed by atoms with van der Waals surface area (Å²) in [7, 11) is 4.53. The number of amides is 1. The topological polar surface area (TPSA) is 94.3 Å². The maximum Gasteiger partial charge on any atom is 0.258 e. The first-order valence-electron chi connectivity index (χ1n) is 8.25. The molecule has 1 aliphatic rings. The highest BCUT2D eigenvalue weighted by molar-refractivity contribution is 6.33. The van der Waals surface area contributed by atoms with Crippen LogP contribution >= 0.6 is 11.6 Å². The van der Waals surface area contributed by atoms with Crippen molar-refractivity contribution >= 4 is 23.2 Å². The number of nitrogens with zero attached hydrogens (tertiary/aromatic N) is 1. The molecule has 1 aliphatic heterocycles. The van der Waals surface area contributed by atoms with Gasteiger partial charge in [0.05, 0.1) is 50.7 Å². The number of aliphatic hydroxyl groups is 1. The zero-order valence-electron chi connectivity index (χ0n) is 15.3. The molecule has 1 heterocycles. The predicted molar refractivity (Wildman–Crippen MR) is 102 cm³/mol. The van der Waals surface area contributed by atoms with Crippen LogP contribution in [0.1, 0.15) is 27.6 Å². The molecular formula is C19H21ClN2O5. The molecule has 0 aromatic heterocycles. The van der Waals surface area contributed by atoms with Gasteiger partial charge in [-0.2, -0.15) is 0 Å². The van der Waals surface area contributed by atoms with E-state index in [9.17, 15) is 9.90 Å². The van der Waals surface area contributed by atoms with Crippen molar-refractivity contribution in [3.63, 3.8) is 0 Å². The van der Waals surface area contributed by atoms with Crippen molar-refractivity contribution in [3.8, 4) is 17.2 Å². The van der Waals surface area contributed by atoms with E-state index < -0.39 is 6.10 Å². The third-order valence-electron chi connectivity index (χ3n) is 4.63. The minimum atomic E-state index is -0.919. The third kappa shape index (κ3) is 3.36. The number of methoxy groups -OCH3 is 3. The van der Waals surface area contributed by atoms with E-state index in [2.05, 4.69) is 0 Å². The lowest BCUT2D eigenvalue weighted by Crippen LogP contribution is -2.38. The Bertz CT molecular complexity index is 887. The molecule has 8 heteroatoms. The summed E-state index contributed by atoms with van der Waals surface area (Å²) in [4.78, 5) is 14.6. The number of benzene rings is 2. The SMILES string of the molecule is COc1cc(N)c(Cl)cc1C(=O)N1Cc2c(OC)ccc(OC)c2C(O)C1. The Morgan fingerprint density at radius 1 is 1.15 bits per heavy atom. The van der Waals surface area contributed by atoms with Gasteiger partial charge in [-0.25, -0.2) is 0 Å². The second kappa shape index (κ2) is 7.54. The molecule has 7 nitrogen and oxygen atoms in total. The molecule has 0 saturated carbocycles. The van der Waals surface area contributed by atoms with Gasteiger partial charge in [0, 0.05) is 17.2 Å². The average Bonchev–Trinajstić information content (AvgIpc) is 2.68. The van der Waals surface area contributed by atoms with Gasteiger partial charge in [0.1, 0.15) is 23.4 Å². The van der Waals surface area contributed by atoms with Crippen LogP contribution in [0.5, 0.6) is 17.2 Å². The van der Waals surface area contributed by atoms with Crippen molar-refractivity contribution in [1.29, 1.82) is 0 Å². The molecule has 144 valence electrons. The van der Waals surface area contributed by atoms with Gasteiger partial charge in [0.15, 0.2) is 0 Å². The minimum Gasteiger partial charge on any atom is -0.496 e. The fourth-order valence-corrected chi connectivity index (χ4v) is 3.47. The molecule has 27 heavy (non-hydrogen) atoms. The van der Waals surface area contributed by atoms with Gasteiger partial charge in [-0.3, -0.25) is 4.79 Å². The zero-order valence-corrected chi connectivity index (χ0v) is 16.0. The Morgan fingerprint density at radius 3 is 2.41 bits per heavy atom. The maximum absolute atomic E-state index is 13.1. The quantitative estimate of drug-likeness (QED) is 0.777. The molecule has 1 unspecified atom stereocenters. The van der Waals surface area contributed by atoms with Gasteiger partial charge in [0.25, 0.3) is 5.91 Å². The fraction of sp³-hybridized carbons (Fsp3) is 0.316. The molecule has 3 N–H and O–H groups in total. The van der Waals surface area contributed by atoms with E-state index in [1.807, 2.05) is 0 Å². The third-order valence-corrected chi connectivity index (χ3v) is 4.95. The van der Waals surface area contributed by atoms with E-state index in [1.165, 1.54) is 38.4 Å². The number of hydrogen-bond acceptors (Lipinski definition) is 6. The van der Waals surface area contributed by atoms with E-state index in [-0.39, 0.29) is 29.6 Å². The van der Waals surface area contributed by atoms with E-state index in [0.29, 0.717) is 34.1 Å². The van der Waals surface area contributed by atoms with Gasteiger partial charge in [-0.15, -0.1) is 0 Å². The number of halogens is 1. The summed E-state index contributed by atoms with van der Waals surface area (Å²) >= 11 is 6.09. The van der Waals surface area contributed by atoms with Crippen LogP contribution in [0, 0.1) is 0 Å². The number of anilines is 1. The Kier molecular flexibility index (Phi) is 5.34. The summed E-state index contributed by atoms with van der Waals surface area (Å²) in [6.45, 7) is 0.345. The first kappa shape index (κ1) is 19.1. The summed E-state index contributed by atoms with van der Waals surface area (Å²) in [5.41, 5.74) is 7.71. The Morgan fingerprint density at radius 2 is 1.78 bits per heavy atom. The molecule has 3 rings (SSSR count). The summed E-state index contributed by atoms with van der Waals surface area (Å²) in [6, 6.07) is 6.47. The summed E-state index contributed by atoms with van der Waals surface area (Å²) < 4.78 is 16.0. The van der Waals surface area contributed by atoms with E-state index >= 15 is 0 Å². The van der Waals surface area contributed by atoms with E-state index in [0.717, 1.165) is 0 Å². The van der Waals surface area contributed by atoms with Crippen LogP contribution in [0.25, 0.3) is 0 Å². The number of hydrogen-bond donors (Lipinski definition) is 2. The number of aliphatic hydroxyl groups excluding tert-OH is 1. The zero-order chi connectivity index (χ0) is 19.7. The monoisotopic (exact) mass is 392 g/mol. The number of ether oxygens (including phenoxy) is 3. The highest BCUT2D eigenvalue weighted by atomic mass is 35.5. The lowest BCUT2D eigenvalue weighted by atomic mass is 9.94. The van der Waals surface area contributed by atoms with Crippen molar-refractivity contribution in [2.75, 3.05) is 33.6 Å². The summed E-state index contributed by atoms with van der Waals surface area (Å²) in [6.07, 6.45) is -0.919. The maximum atomic E-state index is 13.1. The first-order valence-corrected chi connectivity index (χ1v) is 8.63. The lowest BCUT2D eigenvalue weighted by molar-refractivity contribution is 0.0535. The van der Waals surface area contributed by atoms with Gasteiger partial charge in [-0.05, 0) is 18.2 Å². The van der Waals surface area contributed by atoms with E-state index in [1.54, 1.807) is 12.1 Å². The Hall–Kier alpha value is -2.64. The molecular weight excluding hydrogens is 372 g/mol. The molecule has 0 aliphatic carbocycles. The summed E-state index contributed by atoms with van der Waals surface area (Å²) in [5, 5.41) is 10.9. The highest BCUT2D eigenvalue weighted by Crippen LogP contribution is 2.40. The van der Waals surface area contributed by atoms with Crippen LogP contribution in [-0.4, -0.2) is 43.8 Å². The van der Waals surface area contributed by atoms with Crippen molar-refractivity contribution < 1.29 is 24.1 Å². The smallest absolute Gasteiger partial charge is 0.258 e. The molecule has 1 amide bonds. The Labute approximate surface area is 162 Å². The minimum absolute atomic E-state index is 0.0977. The van der Waals surface area contributed by atoms with Crippen LogP contribution in [0.4, 0.5) is 5.69 Å². The van der Waals surface area contributed by atoms with Gasteiger partial charge in [-0.1, -0.05) is 11.6 Å². The van der Waals surface area contributed by atoms with Crippen LogP contribution in [0.15, 0.2) is 24.3 Å². The lowest BCUT2D eigenvalue weighted by Gasteiger charge is -2.34. The first-order chi connectivity index (χ1) is 12.9. The second-order valence-corrected chi connectivity index (χ2v) is 6.54. The largest absolute Gasteiger partial charge is 0.496 e. The Balaban J connectivity index is 2.02. The van der Waals surface area contributed by atoms with Crippen LogP contribution in [0.2, 0.25) is 5.02 Å². The molecule has 1 atom stereocenters. The average molecular weight is 393 g/mol. The molecule has 0 fully saturated rings. The van der Waals surface area contributed by atoms with Crippen molar-refractivity contribution in [3.05, 3.63) is 46.0 Å². The normalized spacial score (nSPS) is 15.9. The van der Waals surface area contributed by atoms with Crippen molar-refractivity contribution in [1.82, 2.24) is 4.90 Å². The number of fused-ring (bicyclic) bond motifs is 1. The standard InChI is InChI=1S/C19H21ClN2O5/c1-25-15-4-5-16(26-2)18-11(15)8-22(9-14(18)23)19(24)10-6-12(20)13(21)7-17(10)27-3/h4-7,14,23H,8-9,21H2,1-3H3. The number of nitrogen functional groups attached to an aromatic ring is 1. The summed E-state index contributed by atoms with van der Waals surface area (Å²) in [5.74, 6) is 1.12. The predicted octanol–water partition coefficient (Wildman–Crippen LogP) is 2.64. The van der Waals surface area contributed by atoms with Crippen LogP contribution < -0.4 is 19.9 Å². The van der Waals surface area contributed by atoms with Crippen molar-refractivity contribution in [2.45, 2.75) is 12.6 Å². The number of rotatable bonds is 4. The fourth-order valence-electron chi connectivity index (χ4n) is 3.31. The number of β-amino-alcohol motifs (C(OH)–C–C–N with tert-alkyl or cyclic N) is 1. The number of carbonyl (C=O) groups excluding carboxylic acids is 1. The molecule has 0 radical (unpaired) electrons. The van der Waals surface area contributed by atoms with Gasteiger partial charge >= 0.3 is 0 Å². The van der Waals surface area contributed by atoms with Crippen molar-refractivity contribution in [2.24, 2.45) is 0 Å². The molecule has 0 spiro atoms. The highest BCUT2D eigenvalue weighted by Gasteiger charge is 2.33. The number of carbonyl (C=O) groups is 1. The molecule has 0 bridgehead atoms. The van der Waals surface area contributed by atoms with Gasteiger partial charge < -0.3 is 30.0 Å². The second-order valence-electron chi connectivity index (χ2n) is 6.14. The van der Waals surface area contributed by atoms with Crippen LogP contribution in [-0.2, 0) is 6.54 Å². The molecule has 2 aromatic rings. The molecule has 2 aromatic carbocycles. The van der Waals surface area contributed by atoms with Gasteiger partial charge in [0.2, 0.25) is 0 Å². The van der Waals surface area contributed by atoms with Crippen LogP contribution in [0.3, 0.4) is 0 Å². The van der Waals surface area contributed by atoms with E-state index in [4.69, 9.17) is 31.5 Å². The number of nitrogens with two attached hydrogens (primary N) is 1. The molecule has 0 saturated heterocycles.